The van der Waals surface area contributed by atoms with Gasteiger partial charge in [-0.05, 0) is 44.5 Å². The zero-order valence-corrected chi connectivity index (χ0v) is 15.1. The number of hydrogen-bond donors (Lipinski definition) is 4. The lowest BCUT2D eigenvalue weighted by molar-refractivity contribution is 0.0488. The Morgan fingerprint density at radius 1 is 1.28 bits per heavy atom. The maximum absolute atomic E-state index is 12.5. The van der Waals surface area contributed by atoms with E-state index in [9.17, 15) is 14.7 Å². The summed E-state index contributed by atoms with van der Waals surface area (Å²) in [5.41, 5.74) is 0.963. The summed E-state index contributed by atoms with van der Waals surface area (Å²) >= 11 is 0. The number of fused-ring (bicyclic) bond motifs is 1. The van der Waals surface area contributed by atoms with Gasteiger partial charge in [0.1, 0.15) is 5.69 Å². The third kappa shape index (κ3) is 4.96. The van der Waals surface area contributed by atoms with E-state index in [1.807, 2.05) is 19.1 Å². The van der Waals surface area contributed by atoms with Crippen LogP contribution in [0.5, 0.6) is 0 Å². The Labute approximate surface area is 147 Å². The van der Waals surface area contributed by atoms with E-state index in [0.717, 1.165) is 17.3 Å². The summed E-state index contributed by atoms with van der Waals surface area (Å²) in [7, 11) is 1.57. The van der Waals surface area contributed by atoms with E-state index in [2.05, 4.69) is 15.6 Å². The SMILES string of the molecule is CCCN(CC(C)(C)O)C(=O)Nc1ccc2[nH]c(C(=O)NC)cc2c1. The fourth-order valence-corrected chi connectivity index (χ4v) is 2.66. The van der Waals surface area contributed by atoms with Gasteiger partial charge in [0.2, 0.25) is 0 Å². The second-order valence-electron chi connectivity index (χ2n) is 6.73. The number of urea groups is 1. The largest absolute Gasteiger partial charge is 0.389 e. The molecule has 4 N–H and O–H groups in total. The Morgan fingerprint density at radius 3 is 2.60 bits per heavy atom. The number of anilines is 1. The molecule has 136 valence electrons. The van der Waals surface area contributed by atoms with Crippen molar-refractivity contribution in [3.8, 4) is 0 Å². The van der Waals surface area contributed by atoms with Gasteiger partial charge in [-0.25, -0.2) is 4.79 Å². The second kappa shape index (κ2) is 7.57. The molecule has 0 aliphatic rings. The van der Waals surface area contributed by atoms with Gasteiger partial charge in [0.15, 0.2) is 0 Å². The van der Waals surface area contributed by atoms with Crippen molar-refractivity contribution < 1.29 is 14.7 Å². The number of benzene rings is 1. The summed E-state index contributed by atoms with van der Waals surface area (Å²) in [5.74, 6) is -0.193. The van der Waals surface area contributed by atoms with Gasteiger partial charge in [-0.1, -0.05) is 6.92 Å². The van der Waals surface area contributed by atoms with Crippen LogP contribution in [0.1, 0.15) is 37.7 Å². The average molecular weight is 346 g/mol. The molecule has 0 fully saturated rings. The van der Waals surface area contributed by atoms with Crippen LogP contribution < -0.4 is 10.6 Å². The number of carbonyl (C=O) groups is 2. The highest BCUT2D eigenvalue weighted by atomic mass is 16.3. The first-order valence-electron chi connectivity index (χ1n) is 8.36. The summed E-state index contributed by atoms with van der Waals surface area (Å²) in [6.07, 6.45) is 0.801. The molecule has 0 unspecified atom stereocenters. The summed E-state index contributed by atoms with van der Waals surface area (Å²) in [4.78, 5) is 28.8. The molecule has 0 saturated carbocycles. The minimum atomic E-state index is -0.959. The molecule has 2 aromatic rings. The van der Waals surface area contributed by atoms with Crippen molar-refractivity contribution in [1.29, 1.82) is 0 Å². The van der Waals surface area contributed by atoms with E-state index in [0.29, 0.717) is 17.9 Å². The number of nitrogens with zero attached hydrogens (tertiary/aromatic N) is 1. The molecule has 0 saturated heterocycles. The topological polar surface area (TPSA) is 97.5 Å². The molecule has 0 bridgehead atoms. The maximum atomic E-state index is 12.5. The number of carbonyl (C=O) groups excluding carboxylic acids is 2. The van der Waals surface area contributed by atoms with Crippen LogP contribution in [-0.2, 0) is 0 Å². The van der Waals surface area contributed by atoms with Crippen LogP contribution in [0.2, 0.25) is 0 Å². The van der Waals surface area contributed by atoms with E-state index < -0.39 is 5.60 Å². The van der Waals surface area contributed by atoms with Crippen molar-refractivity contribution in [2.24, 2.45) is 0 Å². The number of nitrogens with one attached hydrogen (secondary N) is 3. The van der Waals surface area contributed by atoms with Gasteiger partial charge in [-0.15, -0.1) is 0 Å². The van der Waals surface area contributed by atoms with E-state index >= 15 is 0 Å². The molecule has 7 heteroatoms. The first-order valence-corrected chi connectivity index (χ1v) is 8.36. The lowest BCUT2D eigenvalue weighted by Gasteiger charge is -2.29. The standard InChI is InChI=1S/C18H26N4O3/c1-5-8-22(11-18(2,3)25)17(24)20-13-6-7-14-12(9-13)10-15(21-14)16(23)19-4/h6-7,9-10,21,25H,5,8,11H2,1-4H3,(H,19,23)(H,20,24). The Hall–Kier alpha value is -2.54. The molecule has 0 aliphatic heterocycles. The quantitative estimate of drug-likeness (QED) is 0.647. The van der Waals surface area contributed by atoms with Crippen molar-refractivity contribution in [2.45, 2.75) is 32.8 Å². The predicted molar refractivity (Wildman–Crippen MR) is 98.9 cm³/mol. The van der Waals surface area contributed by atoms with Gasteiger partial charge < -0.3 is 25.6 Å². The van der Waals surface area contributed by atoms with E-state index in [1.165, 1.54) is 0 Å². The minimum absolute atomic E-state index is 0.193. The molecule has 0 aliphatic carbocycles. The number of hydrogen-bond acceptors (Lipinski definition) is 3. The summed E-state index contributed by atoms with van der Waals surface area (Å²) < 4.78 is 0. The first-order chi connectivity index (χ1) is 11.7. The van der Waals surface area contributed by atoms with Gasteiger partial charge in [0.25, 0.3) is 5.91 Å². The summed E-state index contributed by atoms with van der Waals surface area (Å²) in [6, 6.07) is 6.88. The van der Waals surface area contributed by atoms with Gasteiger partial charge in [-0.3, -0.25) is 4.79 Å². The Balaban J connectivity index is 2.17. The highest BCUT2D eigenvalue weighted by Crippen LogP contribution is 2.21. The molecule has 0 spiro atoms. The molecule has 1 aromatic heterocycles. The maximum Gasteiger partial charge on any atom is 0.321 e. The van der Waals surface area contributed by atoms with Crippen molar-refractivity contribution in [3.63, 3.8) is 0 Å². The normalized spacial score (nSPS) is 11.4. The second-order valence-corrected chi connectivity index (χ2v) is 6.73. The number of aromatic amines is 1. The summed E-state index contributed by atoms with van der Waals surface area (Å²) in [5, 5.41) is 16.2. The zero-order valence-electron chi connectivity index (χ0n) is 15.1. The monoisotopic (exact) mass is 346 g/mol. The minimum Gasteiger partial charge on any atom is -0.389 e. The molecule has 0 radical (unpaired) electrons. The van der Waals surface area contributed by atoms with Crippen LogP contribution >= 0.6 is 0 Å². The molecule has 1 aromatic carbocycles. The number of rotatable bonds is 6. The van der Waals surface area contributed by atoms with Crippen molar-refractivity contribution >= 4 is 28.5 Å². The lowest BCUT2D eigenvalue weighted by atomic mass is 10.1. The smallest absolute Gasteiger partial charge is 0.321 e. The van der Waals surface area contributed by atoms with Gasteiger partial charge in [0.05, 0.1) is 12.1 Å². The molecule has 2 rings (SSSR count). The zero-order chi connectivity index (χ0) is 18.6. The van der Waals surface area contributed by atoms with Crippen LogP contribution in [0.3, 0.4) is 0 Å². The number of amides is 3. The highest BCUT2D eigenvalue weighted by molar-refractivity contribution is 5.99. The predicted octanol–water partition coefficient (Wildman–Crippen LogP) is 2.54. The first kappa shape index (κ1) is 18.8. The number of H-pyrrole nitrogens is 1. The third-order valence-corrected chi connectivity index (χ3v) is 3.70. The van der Waals surface area contributed by atoms with Crippen LogP contribution in [0, 0.1) is 0 Å². The molecule has 25 heavy (non-hydrogen) atoms. The van der Waals surface area contributed by atoms with Crippen LogP contribution in [0.15, 0.2) is 24.3 Å². The van der Waals surface area contributed by atoms with Crippen LogP contribution in [0.25, 0.3) is 10.9 Å². The Bertz CT molecular complexity index is 761. The summed E-state index contributed by atoms with van der Waals surface area (Å²) in [6.45, 7) is 6.14. The number of aliphatic hydroxyl groups is 1. The molecule has 7 nitrogen and oxygen atoms in total. The van der Waals surface area contributed by atoms with Crippen LogP contribution in [0.4, 0.5) is 10.5 Å². The van der Waals surface area contributed by atoms with Gasteiger partial charge >= 0.3 is 6.03 Å². The lowest BCUT2D eigenvalue weighted by Crippen LogP contribution is -2.44. The van der Waals surface area contributed by atoms with E-state index in [4.69, 9.17) is 0 Å². The van der Waals surface area contributed by atoms with Crippen molar-refractivity contribution in [1.82, 2.24) is 15.2 Å². The van der Waals surface area contributed by atoms with E-state index in [1.54, 1.807) is 37.9 Å². The van der Waals surface area contributed by atoms with Gasteiger partial charge in [-0.2, -0.15) is 0 Å². The van der Waals surface area contributed by atoms with Gasteiger partial charge in [0, 0.05) is 30.2 Å². The third-order valence-electron chi connectivity index (χ3n) is 3.70. The molecule has 0 atom stereocenters. The van der Waals surface area contributed by atoms with Crippen LogP contribution in [-0.4, -0.2) is 52.7 Å². The Kier molecular flexibility index (Phi) is 5.69. The molecular formula is C18H26N4O3. The molecule has 1 heterocycles. The highest BCUT2D eigenvalue weighted by Gasteiger charge is 2.22. The Morgan fingerprint density at radius 2 is 2.00 bits per heavy atom. The molecule has 3 amide bonds. The average Bonchev–Trinajstić information content (AvgIpc) is 2.95. The fraction of sp³-hybridized carbons (Fsp3) is 0.444. The molecular weight excluding hydrogens is 320 g/mol. The van der Waals surface area contributed by atoms with E-state index in [-0.39, 0.29) is 18.5 Å². The number of aromatic nitrogens is 1. The van der Waals surface area contributed by atoms with Crippen molar-refractivity contribution in [3.05, 3.63) is 30.0 Å². The fourth-order valence-electron chi connectivity index (χ4n) is 2.66. The van der Waals surface area contributed by atoms with Crippen molar-refractivity contribution in [2.75, 3.05) is 25.5 Å².